The molecule has 0 saturated heterocycles. The van der Waals surface area contributed by atoms with Crippen LogP contribution >= 0.6 is 0 Å². The van der Waals surface area contributed by atoms with Crippen molar-refractivity contribution >= 4 is 11.6 Å². The van der Waals surface area contributed by atoms with E-state index in [2.05, 4.69) is 15.6 Å². The second-order valence-corrected chi connectivity index (χ2v) is 5.98. The van der Waals surface area contributed by atoms with E-state index in [0.717, 1.165) is 11.3 Å². The van der Waals surface area contributed by atoms with Gasteiger partial charge < -0.3 is 10.6 Å². The zero-order chi connectivity index (χ0) is 18.4. The van der Waals surface area contributed by atoms with Crippen LogP contribution in [0.2, 0.25) is 0 Å². The van der Waals surface area contributed by atoms with E-state index >= 15 is 0 Å². The van der Waals surface area contributed by atoms with Crippen molar-refractivity contribution in [3.8, 4) is 0 Å². The molecular formula is C21H20FN3O. The molecule has 3 aromatic rings. The molecule has 0 aliphatic carbocycles. The lowest BCUT2D eigenvalue weighted by Crippen LogP contribution is -2.27. The molecule has 132 valence electrons. The third-order valence-electron chi connectivity index (χ3n) is 4.08. The Labute approximate surface area is 152 Å². The van der Waals surface area contributed by atoms with Crippen molar-refractivity contribution in [2.24, 2.45) is 0 Å². The van der Waals surface area contributed by atoms with E-state index < -0.39 is 0 Å². The molecule has 1 atom stereocenters. The number of hydrogen-bond donors (Lipinski definition) is 2. The number of pyridine rings is 1. The fraction of sp³-hybridized carbons (Fsp3) is 0.143. The van der Waals surface area contributed by atoms with Crippen LogP contribution in [0.3, 0.4) is 0 Å². The molecule has 1 unspecified atom stereocenters. The lowest BCUT2D eigenvalue weighted by Gasteiger charge is -2.14. The predicted octanol–water partition coefficient (Wildman–Crippen LogP) is 4.32. The normalized spacial score (nSPS) is 11.6. The molecule has 2 aromatic carbocycles. The van der Waals surface area contributed by atoms with Crippen molar-refractivity contribution in [3.63, 3.8) is 0 Å². The second-order valence-electron chi connectivity index (χ2n) is 5.98. The summed E-state index contributed by atoms with van der Waals surface area (Å²) in [5, 5.41) is 6.03. The number of halogens is 1. The van der Waals surface area contributed by atoms with Gasteiger partial charge >= 0.3 is 0 Å². The predicted molar refractivity (Wildman–Crippen MR) is 100 cm³/mol. The Morgan fingerprint density at radius 2 is 1.77 bits per heavy atom. The number of amides is 1. The molecule has 1 amide bonds. The summed E-state index contributed by atoms with van der Waals surface area (Å²) in [5.41, 5.74) is 2.67. The van der Waals surface area contributed by atoms with Gasteiger partial charge in [0.25, 0.3) is 5.91 Å². The van der Waals surface area contributed by atoms with Crippen LogP contribution in [-0.2, 0) is 6.54 Å². The first-order valence-electron chi connectivity index (χ1n) is 8.42. The lowest BCUT2D eigenvalue weighted by molar-refractivity contribution is 0.0935. The van der Waals surface area contributed by atoms with E-state index in [1.54, 1.807) is 36.5 Å². The number of hydrogen-bond acceptors (Lipinski definition) is 3. The second kappa shape index (κ2) is 8.25. The Morgan fingerprint density at radius 3 is 2.46 bits per heavy atom. The van der Waals surface area contributed by atoms with Crippen molar-refractivity contribution in [3.05, 3.63) is 95.6 Å². The fourth-order valence-electron chi connectivity index (χ4n) is 2.57. The minimum Gasteiger partial charge on any atom is -0.380 e. The largest absolute Gasteiger partial charge is 0.380 e. The standard InChI is InChI=1S/C21H20FN3O/c1-15(16-7-3-2-4-8-16)25-21(26)20-12-11-18(14-24-20)23-13-17-9-5-6-10-19(17)22/h2-12,14-15,23H,13H2,1H3,(H,25,26). The summed E-state index contributed by atoms with van der Waals surface area (Å²) >= 11 is 0. The summed E-state index contributed by atoms with van der Waals surface area (Å²) in [6.07, 6.45) is 1.57. The van der Waals surface area contributed by atoms with Gasteiger partial charge in [-0.3, -0.25) is 4.79 Å². The Balaban J connectivity index is 1.58. The van der Waals surface area contributed by atoms with Crippen molar-refractivity contribution in [2.75, 3.05) is 5.32 Å². The molecule has 0 radical (unpaired) electrons. The number of aromatic nitrogens is 1. The molecule has 0 aliphatic rings. The SMILES string of the molecule is CC(NC(=O)c1ccc(NCc2ccccc2F)cn1)c1ccccc1. The summed E-state index contributed by atoms with van der Waals surface area (Å²) in [6, 6.07) is 19.6. The Bertz CT molecular complexity index is 866. The minimum atomic E-state index is -0.251. The highest BCUT2D eigenvalue weighted by Gasteiger charge is 2.12. The van der Waals surface area contributed by atoms with Crippen LogP contribution in [0.5, 0.6) is 0 Å². The van der Waals surface area contributed by atoms with Crippen molar-refractivity contribution in [1.29, 1.82) is 0 Å². The van der Waals surface area contributed by atoms with Gasteiger partial charge in [-0.2, -0.15) is 0 Å². The van der Waals surface area contributed by atoms with Gasteiger partial charge in [0, 0.05) is 12.1 Å². The van der Waals surface area contributed by atoms with Crippen LogP contribution in [0.1, 0.15) is 34.6 Å². The van der Waals surface area contributed by atoms with Gasteiger partial charge in [-0.15, -0.1) is 0 Å². The topological polar surface area (TPSA) is 54.0 Å². The molecule has 0 spiro atoms. The van der Waals surface area contributed by atoms with Crippen molar-refractivity contribution < 1.29 is 9.18 Å². The molecule has 5 heteroatoms. The van der Waals surface area contributed by atoms with Gasteiger partial charge in [-0.1, -0.05) is 48.5 Å². The average Bonchev–Trinajstić information content (AvgIpc) is 2.68. The van der Waals surface area contributed by atoms with Gasteiger partial charge in [0.1, 0.15) is 11.5 Å². The molecule has 4 nitrogen and oxygen atoms in total. The summed E-state index contributed by atoms with van der Waals surface area (Å²) < 4.78 is 13.6. The Hall–Kier alpha value is -3.21. The van der Waals surface area contributed by atoms with E-state index in [0.29, 0.717) is 17.8 Å². The van der Waals surface area contributed by atoms with E-state index in [1.807, 2.05) is 37.3 Å². The first-order chi connectivity index (χ1) is 12.6. The van der Waals surface area contributed by atoms with Crippen LogP contribution in [0.15, 0.2) is 72.9 Å². The number of nitrogens with zero attached hydrogens (tertiary/aromatic N) is 1. The molecule has 26 heavy (non-hydrogen) atoms. The van der Waals surface area contributed by atoms with E-state index in [1.165, 1.54) is 6.07 Å². The molecule has 0 aliphatic heterocycles. The molecule has 0 saturated carbocycles. The minimum absolute atomic E-state index is 0.107. The third-order valence-corrected chi connectivity index (χ3v) is 4.08. The molecule has 0 fully saturated rings. The Morgan fingerprint density at radius 1 is 1.04 bits per heavy atom. The molecule has 1 aromatic heterocycles. The molecule has 1 heterocycles. The van der Waals surface area contributed by atoms with Crippen LogP contribution in [0, 0.1) is 5.82 Å². The first kappa shape index (κ1) is 17.6. The maximum Gasteiger partial charge on any atom is 0.270 e. The Kier molecular flexibility index (Phi) is 5.59. The molecule has 0 bridgehead atoms. The smallest absolute Gasteiger partial charge is 0.270 e. The summed E-state index contributed by atoms with van der Waals surface area (Å²) in [6.45, 7) is 2.28. The first-order valence-corrected chi connectivity index (χ1v) is 8.42. The summed E-state index contributed by atoms with van der Waals surface area (Å²) in [4.78, 5) is 16.5. The van der Waals surface area contributed by atoms with Gasteiger partial charge in [0.05, 0.1) is 17.9 Å². The van der Waals surface area contributed by atoms with Crippen LogP contribution < -0.4 is 10.6 Å². The lowest BCUT2D eigenvalue weighted by atomic mass is 10.1. The van der Waals surface area contributed by atoms with E-state index in [-0.39, 0.29) is 17.8 Å². The average molecular weight is 349 g/mol. The summed E-state index contributed by atoms with van der Waals surface area (Å²) in [7, 11) is 0. The number of nitrogens with one attached hydrogen (secondary N) is 2. The maximum absolute atomic E-state index is 13.6. The van der Waals surface area contributed by atoms with Crippen molar-refractivity contribution in [1.82, 2.24) is 10.3 Å². The highest BCUT2D eigenvalue weighted by atomic mass is 19.1. The van der Waals surface area contributed by atoms with Gasteiger partial charge in [0.2, 0.25) is 0 Å². The van der Waals surface area contributed by atoms with Gasteiger partial charge in [-0.05, 0) is 30.7 Å². The maximum atomic E-state index is 13.6. The molecule has 2 N–H and O–H groups in total. The zero-order valence-corrected chi connectivity index (χ0v) is 14.4. The van der Waals surface area contributed by atoms with Crippen molar-refractivity contribution in [2.45, 2.75) is 19.5 Å². The van der Waals surface area contributed by atoms with Crippen LogP contribution in [-0.4, -0.2) is 10.9 Å². The van der Waals surface area contributed by atoms with E-state index in [4.69, 9.17) is 0 Å². The van der Waals surface area contributed by atoms with E-state index in [9.17, 15) is 9.18 Å². The number of anilines is 1. The number of carbonyl (C=O) groups excluding carboxylic acids is 1. The highest BCUT2D eigenvalue weighted by Crippen LogP contribution is 2.14. The summed E-state index contributed by atoms with van der Waals surface area (Å²) in [5.74, 6) is -0.485. The van der Waals surface area contributed by atoms with Crippen LogP contribution in [0.25, 0.3) is 0 Å². The third kappa shape index (κ3) is 4.45. The quantitative estimate of drug-likeness (QED) is 0.697. The van der Waals surface area contributed by atoms with Gasteiger partial charge in [0.15, 0.2) is 0 Å². The number of carbonyl (C=O) groups is 1. The monoisotopic (exact) mass is 349 g/mol. The fourth-order valence-corrected chi connectivity index (χ4v) is 2.57. The number of rotatable bonds is 6. The highest BCUT2D eigenvalue weighted by molar-refractivity contribution is 5.92. The molecular weight excluding hydrogens is 329 g/mol. The number of benzene rings is 2. The zero-order valence-electron chi connectivity index (χ0n) is 14.4. The van der Waals surface area contributed by atoms with Gasteiger partial charge in [-0.25, -0.2) is 9.37 Å². The molecule has 3 rings (SSSR count). The van der Waals surface area contributed by atoms with Crippen LogP contribution in [0.4, 0.5) is 10.1 Å².